The van der Waals surface area contributed by atoms with Gasteiger partial charge in [-0.1, -0.05) is 18.5 Å². The van der Waals surface area contributed by atoms with Crippen LogP contribution in [0.15, 0.2) is 10.9 Å². The summed E-state index contributed by atoms with van der Waals surface area (Å²) in [6.45, 7) is 3.99. The second kappa shape index (κ2) is 6.71. The summed E-state index contributed by atoms with van der Waals surface area (Å²) >= 11 is 0. The molecule has 96 valence electrons. The highest BCUT2D eigenvalue weighted by Gasteiger charge is 2.21. The normalized spacial score (nSPS) is 25.0. The lowest BCUT2D eigenvalue weighted by atomic mass is 10.00. The summed E-state index contributed by atoms with van der Waals surface area (Å²) in [7, 11) is 0. The van der Waals surface area contributed by atoms with E-state index in [0.717, 1.165) is 38.2 Å². The molecule has 2 rings (SSSR count). The van der Waals surface area contributed by atoms with Crippen molar-refractivity contribution in [3.05, 3.63) is 12.2 Å². The molecule has 2 unspecified atom stereocenters. The van der Waals surface area contributed by atoms with E-state index in [-0.39, 0.29) is 0 Å². The molecule has 17 heavy (non-hydrogen) atoms. The first-order valence-electron chi connectivity index (χ1n) is 6.48. The van der Waals surface area contributed by atoms with Gasteiger partial charge in [0.2, 0.25) is 6.39 Å². The van der Waals surface area contributed by atoms with E-state index in [4.69, 9.17) is 9.26 Å². The van der Waals surface area contributed by atoms with Gasteiger partial charge < -0.3 is 14.6 Å². The number of nitrogens with one attached hydrogen (secondary N) is 1. The first-order chi connectivity index (χ1) is 8.38. The summed E-state index contributed by atoms with van der Waals surface area (Å²) < 4.78 is 10.4. The topological polar surface area (TPSA) is 60.2 Å². The molecule has 0 aliphatic carbocycles. The third kappa shape index (κ3) is 4.09. The van der Waals surface area contributed by atoms with E-state index >= 15 is 0 Å². The second-order valence-corrected chi connectivity index (χ2v) is 4.55. The highest BCUT2D eigenvalue weighted by Crippen LogP contribution is 2.17. The zero-order valence-corrected chi connectivity index (χ0v) is 10.4. The van der Waals surface area contributed by atoms with Gasteiger partial charge >= 0.3 is 0 Å². The monoisotopic (exact) mass is 239 g/mol. The van der Waals surface area contributed by atoms with Crippen LogP contribution < -0.4 is 5.32 Å². The number of rotatable bonds is 6. The van der Waals surface area contributed by atoms with Crippen molar-refractivity contribution in [2.75, 3.05) is 13.2 Å². The van der Waals surface area contributed by atoms with Gasteiger partial charge in [-0.3, -0.25) is 0 Å². The average Bonchev–Trinajstić information content (AvgIpc) is 2.83. The lowest BCUT2D eigenvalue weighted by Crippen LogP contribution is -2.39. The van der Waals surface area contributed by atoms with Gasteiger partial charge in [0.05, 0.1) is 6.10 Å². The van der Waals surface area contributed by atoms with Crippen LogP contribution in [0.2, 0.25) is 0 Å². The van der Waals surface area contributed by atoms with Crippen LogP contribution in [0.1, 0.15) is 38.4 Å². The number of aromatic nitrogens is 2. The van der Waals surface area contributed by atoms with Gasteiger partial charge in [0.25, 0.3) is 0 Å². The summed E-state index contributed by atoms with van der Waals surface area (Å²) in [6.07, 6.45) is 7.24. The average molecular weight is 239 g/mol. The van der Waals surface area contributed by atoms with Gasteiger partial charge in [-0.05, 0) is 19.3 Å². The maximum atomic E-state index is 5.72. The van der Waals surface area contributed by atoms with Gasteiger partial charge in [-0.2, -0.15) is 4.98 Å². The number of ether oxygens (including phenoxy) is 1. The van der Waals surface area contributed by atoms with Crippen LogP contribution in [0.4, 0.5) is 0 Å². The standard InChI is InChI=1S/C12H21N3O2/c1-2-3-11-8-10(5-7-16-11)13-6-4-12-14-9-17-15-12/h9-11,13H,2-8H2,1H3. The fourth-order valence-corrected chi connectivity index (χ4v) is 2.28. The van der Waals surface area contributed by atoms with E-state index in [9.17, 15) is 0 Å². The molecule has 0 amide bonds. The fourth-order valence-electron chi connectivity index (χ4n) is 2.28. The Labute approximate surface area is 102 Å². The largest absolute Gasteiger partial charge is 0.378 e. The van der Waals surface area contributed by atoms with Gasteiger partial charge in [0.15, 0.2) is 5.82 Å². The molecule has 1 aromatic heterocycles. The Morgan fingerprint density at radius 2 is 2.47 bits per heavy atom. The van der Waals surface area contributed by atoms with Crippen LogP contribution in [-0.4, -0.2) is 35.4 Å². The van der Waals surface area contributed by atoms with Crippen LogP contribution in [0.3, 0.4) is 0 Å². The van der Waals surface area contributed by atoms with Crippen molar-refractivity contribution in [3.63, 3.8) is 0 Å². The van der Waals surface area contributed by atoms with Crippen LogP contribution >= 0.6 is 0 Å². The van der Waals surface area contributed by atoms with E-state index in [0.29, 0.717) is 12.1 Å². The van der Waals surface area contributed by atoms with E-state index in [1.807, 2.05) is 0 Å². The first-order valence-corrected chi connectivity index (χ1v) is 6.48. The van der Waals surface area contributed by atoms with Crippen molar-refractivity contribution in [2.45, 2.75) is 51.2 Å². The van der Waals surface area contributed by atoms with Crippen molar-refractivity contribution in [2.24, 2.45) is 0 Å². The van der Waals surface area contributed by atoms with Gasteiger partial charge in [0.1, 0.15) is 0 Å². The molecule has 1 aromatic rings. The van der Waals surface area contributed by atoms with E-state index in [2.05, 4.69) is 22.4 Å². The summed E-state index contributed by atoms with van der Waals surface area (Å²) in [5.74, 6) is 0.773. The van der Waals surface area contributed by atoms with E-state index in [1.54, 1.807) is 0 Å². The zero-order valence-electron chi connectivity index (χ0n) is 10.4. The molecule has 0 spiro atoms. The highest BCUT2D eigenvalue weighted by atomic mass is 16.5. The lowest BCUT2D eigenvalue weighted by molar-refractivity contribution is -0.00302. The molecule has 1 aliphatic heterocycles. The van der Waals surface area contributed by atoms with Crippen LogP contribution in [0.25, 0.3) is 0 Å². The quantitative estimate of drug-likeness (QED) is 0.816. The van der Waals surface area contributed by atoms with Crippen LogP contribution in [0, 0.1) is 0 Å². The molecule has 0 bridgehead atoms. The Morgan fingerprint density at radius 3 is 3.24 bits per heavy atom. The molecule has 5 heteroatoms. The molecule has 1 fully saturated rings. The van der Waals surface area contributed by atoms with Gasteiger partial charge in [-0.25, -0.2) is 0 Å². The summed E-state index contributed by atoms with van der Waals surface area (Å²) in [6, 6.07) is 0.576. The lowest BCUT2D eigenvalue weighted by Gasteiger charge is -2.30. The van der Waals surface area contributed by atoms with Gasteiger partial charge in [0, 0.05) is 25.6 Å². The fraction of sp³-hybridized carbons (Fsp3) is 0.833. The molecule has 0 saturated carbocycles. The summed E-state index contributed by atoms with van der Waals surface area (Å²) in [5.41, 5.74) is 0. The molecule has 1 saturated heterocycles. The Hall–Kier alpha value is -0.940. The molecule has 5 nitrogen and oxygen atoms in total. The minimum Gasteiger partial charge on any atom is -0.378 e. The predicted octanol–water partition coefficient (Wildman–Crippen LogP) is 1.55. The molecule has 1 N–H and O–H groups in total. The Balaban J connectivity index is 1.65. The SMILES string of the molecule is CCCC1CC(NCCc2ncon2)CCO1. The Kier molecular flexibility index (Phi) is 4.94. The smallest absolute Gasteiger partial charge is 0.213 e. The minimum absolute atomic E-state index is 0.441. The number of hydrogen-bond acceptors (Lipinski definition) is 5. The maximum Gasteiger partial charge on any atom is 0.213 e. The van der Waals surface area contributed by atoms with Crippen LogP contribution in [0.5, 0.6) is 0 Å². The van der Waals surface area contributed by atoms with Crippen molar-refractivity contribution in [1.29, 1.82) is 0 Å². The van der Waals surface area contributed by atoms with Gasteiger partial charge in [-0.15, -0.1) is 0 Å². The van der Waals surface area contributed by atoms with Crippen molar-refractivity contribution in [3.8, 4) is 0 Å². The summed E-state index contributed by atoms with van der Waals surface area (Å²) in [4.78, 5) is 4.00. The third-order valence-corrected chi connectivity index (χ3v) is 3.17. The van der Waals surface area contributed by atoms with E-state index < -0.39 is 0 Å². The number of nitrogens with zero attached hydrogens (tertiary/aromatic N) is 2. The van der Waals surface area contributed by atoms with Crippen molar-refractivity contribution >= 4 is 0 Å². The molecule has 0 aromatic carbocycles. The first kappa shape index (κ1) is 12.5. The van der Waals surface area contributed by atoms with Crippen LogP contribution in [-0.2, 0) is 11.2 Å². The second-order valence-electron chi connectivity index (χ2n) is 4.55. The molecule has 0 radical (unpaired) electrons. The molecular formula is C12H21N3O2. The molecule has 2 heterocycles. The van der Waals surface area contributed by atoms with E-state index in [1.165, 1.54) is 19.2 Å². The highest BCUT2D eigenvalue weighted by molar-refractivity contribution is 4.82. The number of hydrogen-bond donors (Lipinski definition) is 1. The maximum absolute atomic E-state index is 5.72. The predicted molar refractivity (Wildman–Crippen MR) is 63.7 cm³/mol. The third-order valence-electron chi connectivity index (χ3n) is 3.17. The zero-order chi connectivity index (χ0) is 11.9. The Bertz CT molecular complexity index is 301. The minimum atomic E-state index is 0.441. The van der Waals surface area contributed by atoms with Crippen molar-refractivity contribution < 1.29 is 9.26 Å². The van der Waals surface area contributed by atoms with Crippen molar-refractivity contribution in [1.82, 2.24) is 15.5 Å². The molecule has 2 atom stereocenters. The Morgan fingerprint density at radius 1 is 1.53 bits per heavy atom. The molecule has 1 aliphatic rings. The summed E-state index contributed by atoms with van der Waals surface area (Å²) in [5, 5.41) is 7.34. The molecular weight excluding hydrogens is 218 g/mol.